The Balaban J connectivity index is 1.40. The van der Waals surface area contributed by atoms with Gasteiger partial charge in [0.25, 0.3) is 0 Å². The van der Waals surface area contributed by atoms with Crippen molar-refractivity contribution in [1.29, 1.82) is 0 Å². The molecule has 1 aromatic heterocycles. The summed E-state index contributed by atoms with van der Waals surface area (Å²) in [5.41, 5.74) is 3.63. The van der Waals surface area contributed by atoms with E-state index in [1.807, 2.05) is 12.1 Å². The molecule has 0 bridgehead atoms. The number of benzene rings is 2. The van der Waals surface area contributed by atoms with Crippen LogP contribution < -0.4 is 4.90 Å². The summed E-state index contributed by atoms with van der Waals surface area (Å²) in [6.07, 6.45) is 3.25. The molecule has 1 amide bonds. The van der Waals surface area contributed by atoms with Crippen LogP contribution in [0.2, 0.25) is 0 Å². The maximum Gasteiger partial charge on any atom is 0.342 e. The Kier molecular flexibility index (Phi) is 5.77. The molecular formula is C28H32N2O5. The van der Waals surface area contributed by atoms with Crippen molar-refractivity contribution in [2.75, 3.05) is 31.2 Å². The van der Waals surface area contributed by atoms with Gasteiger partial charge in [0, 0.05) is 36.3 Å². The van der Waals surface area contributed by atoms with Crippen molar-refractivity contribution in [2.45, 2.75) is 52.3 Å². The molecule has 1 aliphatic carbocycles. The third kappa shape index (κ3) is 4.10. The number of morpholine rings is 1. The minimum absolute atomic E-state index is 0.0322. The Hall–Kier alpha value is -2.90. The first kappa shape index (κ1) is 22.6. The van der Waals surface area contributed by atoms with Gasteiger partial charge >= 0.3 is 5.97 Å². The van der Waals surface area contributed by atoms with Crippen LogP contribution in [-0.2, 0) is 20.8 Å². The number of carbonyl (C=O) groups excluding carboxylic acids is 2. The minimum Gasteiger partial charge on any atom is -0.456 e. The molecule has 184 valence electrons. The zero-order valence-corrected chi connectivity index (χ0v) is 20.4. The molecule has 1 atom stereocenters. The van der Waals surface area contributed by atoms with Gasteiger partial charge in [0.15, 0.2) is 6.23 Å². The third-order valence-electron chi connectivity index (χ3n) is 7.89. The van der Waals surface area contributed by atoms with Gasteiger partial charge in [0.2, 0.25) is 5.91 Å². The number of hydrogen-bond acceptors (Lipinski definition) is 6. The fourth-order valence-corrected chi connectivity index (χ4v) is 5.81. The predicted molar refractivity (Wildman–Crippen MR) is 133 cm³/mol. The van der Waals surface area contributed by atoms with Gasteiger partial charge in [-0.05, 0) is 68.4 Å². The summed E-state index contributed by atoms with van der Waals surface area (Å²) in [5, 5.41) is 1.92. The molecule has 0 radical (unpaired) electrons. The third-order valence-corrected chi connectivity index (χ3v) is 7.89. The average Bonchev–Trinajstić information content (AvgIpc) is 3.21. The number of ether oxygens (including phenoxy) is 2. The summed E-state index contributed by atoms with van der Waals surface area (Å²) in [5.74, 6) is 0.268. The standard InChI is InChI=1S/C28H32N2O5/c1-17-3-6-20(7-4-17)27(31)30-18(2)34-28(32)23-15-26-22(14-24(23)30)21-13-19(5-8-25(21)35-26)16-29-9-11-33-12-10-29/h5,8,13-15,17-18,20H,3-4,6-7,9-12,16H2,1-2H3. The zero-order valence-electron chi connectivity index (χ0n) is 20.4. The molecular weight excluding hydrogens is 444 g/mol. The maximum absolute atomic E-state index is 13.6. The van der Waals surface area contributed by atoms with E-state index in [-0.39, 0.29) is 11.8 Å². The van der Waals surface area contributed by atoms with Crippen molar-refractivity contribution in [3.8, 4) is 0 Å². The lowest BCUT2D eigenvalue weighted by Gasteiger charge is -2.37. The van der Waals surface area contributed by atoms with Crippen molar-refractivity contribution in [1.82, 2.24) is 4.90 Å². The fourth-order valence-electron chi connectivity index (χ4n) is 5.81. The van der Waals surface area contributed by atoms with E-state index in [2.05, 4.69) is 24.0 Å². The first-order chi connectivity index (χ1) is 17.0. The summed E-state index contributed by atoms with van der Waals surface area (Å²) in [4.78, 5) is 30.5. The van der Waals surface area contributed by atoms with Crippen molar-refractivity contribution >= 4 is 39.5 Å². The summed E-state index contributed by atoms with van der Waals surface area (Å²) >= 11 is 0. The number of hydrogen-bond donors (Lipinski definition) is 0. The maximum atomic E-state index is 13.6. The van der Waals surface area contributed by atoms with Crippen molar-refractivity contribution in [2.24, 2.45) is 11.8 Å². The van der Waals surface area contributed by atoms with E-state index in [4.69, 9.17) is 13.9 Å². The van der Waals surface area contributed by atoms with Gasteiger partial charge in [-0.2, -0.15) is 0 Å². The molecule has 3 aliphatic rings. The first-order valence-corrected chi connectivity index (χ1v) is 12.8. The summed E-state index contributed by atoms with van der Waals surface area (Å²) in [6, 6.07) is 9.95. The van der Waals surface area contributed by atoms with Crippen LogP contribution in [0.3, 0.4) is 0 Å². The minimum atomic E-state index is -0.630. The number of anilines is 1. The lowest BCUT2D eigenvalue weighted by molar-refractivity contribution is -0.125. The number of nitrogens with zero attached hydrogens (tertiary/aromatic N) is 2. The van der Waals surface area contributed by atoms with Crippen LogP contribution in [0, 0.1) is 11.8 Å². The van der Waals surface area contributed by atoms with E-state index in [1.165, 1.54) is 5.56 Å². The number of carbonyl (C=O) groups is 2. The summed E-state index contributed by atoms with van der Waals surface area (Å²) in [7, 11) is 0. The van der Waals surface area contributed by atoms with Crippen LogP contribution in [0.1, 0.15) is 55.5 Å². The second-order valence-corrected chi connectivity index (χ2v) is 10.4. The second-order valence-electron chi connectivity index (χ2n) is 10.4. The van der Waals surface area contributed by atoms with Gasteiger partial charge in [-0.1, -0.05) is 13.0 Å². The number of furan rings is 1. The van der Waals surface area contributed by atoms with E-state index < -0.39 is 12.2 Å². The second kappa shape index (κ2) is 8.95. The summed E-state index contributed by atoms with van der Waals surface area (Å²) < 4.78 is 17.2. The fraction of sp³-hybridized carbons (Fsp3) is 0.500. The SMILES string of the molecule is CC1CCC(C(=O)N2c3cc4c(cc3C(=O)OC2C)oc2ccc(CN3CCOCC3)cc24)CC1. The molecule has 3 aromatic rings. The lowest BCUT2D eigenvalue weighted by atomic mass is 9.82. The highest BCUT2D eigenvalue weighted by Crippen LogP contribution is 2.40. The number of rotatable bonds is 3. The molecule has 2 aromatic carbocycles. The van der Waals surface area contributed by atoms with E-state index in [0.717, 1.165) is 74.9 Å². The zero-order chi connectivity index (χ0) is 24.1. The van der Waals surface area contributed by atoms with E-state index in [9.17, 15) is 9.59 Å². The monoisotopic (exact) mass is 476 g/mol. The first-order valence-electron chi connectivity index (χ1n) is 12.8. The lowest BCUT2D eigenvalue weighted by Crippen LogP contribution is -2.48. The van der Waals surface area contributed by atoms with Gasteiger partial charge in [0.1, 0.15) is 11.2 Å². The van der Waals surface area contributed by atoms with Crippen molar-refractivity contribution in [3.05, 3.63) is 41.5 Å². The highest BCUT2D eigenvalue weighted by atomic mass is 16.6. The molecule has 1 saturated carbocycles. The molecule has 0 N–H and O–H groups in total. The van der Waals surface area contributed by atoms with Crippen LogP contribution in [-0.4, -0.2) is 49.3 Å². The van der Waals surface area contributed by atoms with Crippen LogP contribution in [0.4, 0.5) is 5.69 Å². The molecule has 7 heteroatoms. The van der Waals surface area contributed by atoms with Crippen LogP contribution >= 0.6 is 0 Å². The predicted octanol–water partition coefficient (Wildman–Crippen LogP) is 5.09. The van der Waals surface area contributed by atoms with Gasteiger partial charge in [-0.25, -0.2) is 4.79 Å². The topological polar surface area (TPSA) is 72.2 Å². The van der Waals surface area contributed by atoms with Gasteiger partial charge in [-0.15, -0.1) is 0 Å². The molecule has 2 aliphatic heterocycles. The number of esters is 1. The Bertz CT molecular complexity index is 1280. The molecule has 0 spiro atoms. The van der Waals surface area contributed by atoms with Crippen LogP contribution in [0.15, 0.2) is 34.7 Å². The Morgan fingerprint density at radius 1 is 0.971 bits per heavy atom. The van der Waals surface area contributed by atoms with E-state index in [1.54, 1.807) is 17.9 Å². The molecule has 7 nitrogen and oxygen atoms in total. The Morgan fingerprint density at radius 2 is 1.71 bits per heavy atom. The van der Waals surface area contributed by atoms with Crippen LogP contribution in [0.25, 0.3) is 21.9 Å². The van der Waals surface area contributed by atoms with Crippen LogP contribution in [0.5, 0.6) is 0 Å². The summed E-state index contributed by atoms with van der Waals surface area (Å²) in [6.45, 7) is 8.26. The molecule has 1 saturated heterocycles. The quantitative estimate of drug-likeness (QED) is 0.490. The molecule has 1 unspecified atom stereocenters. The normalized spacial score (nSPS) is 25.6. The highest BCUT2D eigenvalue weighted by molar-refractivity contribution is 6.13. The smallest absolute Gasteiger partial charge is 0.342 e. The van der Waals surface area contributed by atoms with E-state index in [0.29, 0.717) is 22.8 Å². The van der Waals surface area contributed by atoms with E-state index >= 15 is 0 Å². The van der Waals surface area contributed by atoms with Crippen molar-refractivity contribution in [3.63, 3.8) is 0 Å². The molecule has 6 rings (SSSR count). The Morgan fingerprint density at radius 3 is 2.49 bits per heavy atom. The van der Waals surface area contributed by atoms with Gasteiger partial charge in [-0.3, -0.25) is 14.6 Å². The highest BCUT2D eigenvalue weighted by Gasteiger charge is 2.38. The average molecular weight is 477 g/mol. The van der Waals surface area contributed by atoms with Gasteiger partial charge in [0.05, 0.1) is 24.5 Å². The molecule has 35 heavy (non-hydrogen) atoms. The van der Waals surface area contributed by atoms with Gasteiger partial charge < -0.3 is 13.9 Å². The largest absolute Gasteiger partial charge is 0.456 e. The molecule has 2 fully saturated rings. The Labute approximate surface area is 204 Å². The van der Waals surface area contributed by atoms with Crippen molar-refractivity contribution < 1.29 is 23.5 Å². The number of cyclic esters (lactones) is 1. The molecule has 3 heterocycles. The number of fused-ring (bicyclic) bond motifs is 4. The number of amides is 1.